The minimum Gasteiger partial charge on any atom is -0.460 e. The first-order chi connectivity index (χ1) is 20.7. The maximum absolute atomic E-state index is 11.6. The summed E-state index contributed by atoms with van der Waals surface area (Å²) >= 11 is 0. The van der Waals surface area contributed by atoms with Crippen molar-refractivity contribution in [2.75, 3.05) is 6.61 Å². The van der Waals surface area contributed by atoms with Crippen LogP contribution >= 0.6 is 0 Å². The zero-order valence-electron chi connectivity index (χ0n) is 25.3. The maximum atomic E-state index is 11.6. The second-order valence-corrected chi connectivity index (χ2v) is 10.9. The topological polar surface area (TPSA) is 63.6 Å². The molecule has 1 unspecified atom stereocenters. The van der Waals surface area contributed by atoms with Crippen LogP contribution in [0.3, 0.4) is 0 Å². The average Bonchev–Trinajstić information content (AvgIpc) is 3.01. The summed E-state index contributed by atoms with van der Waals surface area (Å²) in [4.78, 5) is 22.9. The molecule has 4 heteroatoms. The van der Waals surface area contributed by atoms with Gasteiger partial charge in [-0.2, -0.15) is 0 Å². The molecule has 0 aliphatic carbocycles. The molecular formula is C39H42O4. The molecule has 0 saturated heterocycles. The molecule has 0 spiro atoms. The van der Waals surface area contributed by atoms with Gasteiger partial charge in [-0.3, -0.25) is 4.79 Å². The highest BCUT2D eigenvalue weighted by Gasteiger charge is 2.10. The van der Waals surface area contributed by atoms with E-state index < -0.39 is 12.1 Å². The Morgan fingerprint density at radius 3 is 1.49 bits per heavy atom. The van der Waals surface area contributed by atoms with E-state index in [1.54, 1.807) is 13.8 Å². The summed E-state index contributed by atoms with van der Waals surface area (Å²) in [6.45, 7) is 10.5. The van der Waals surface area contributed by atoms with Gasteiger partial charge in [0.25, 0.3) is 0 Å². The quantitative estimate of drug-likeness (QED) is 0.132. The van der Waals surface area contributed by atoms with E-state index in [4.69, 9.17) is 4.74 Å². The Labute approximate surface area is 256 Å². The van der Waals surface area contributed by atoms with Crippen molar-refractivity contribution in [1.29, 1.82) is 0 Å². The Bertz CT molecular complexity index is 1450. The number of carbonyl (C=O) groups is 2. The van der Waals surface area contributed by atoms with Crippen LogP contribution in [0, 0.1) is 0 Å². The van der Waals surface area contributed by atoms with Gasteiger partial charge < -0.3 is 9.84 Å². The van der Waals surface area contributed by atoms with E-state index >= 15 is 0 Å². The van der Waals surface area contributed by atoms with Crippen LogP contribution in [0.1, 0.15) is 53.6 Å². The predicted octanol–water partition coefficient (Wildman–Crippen LogP) is 7.66. The molecule has 1 atom stereocenters. The summed E-state index contributed by atoms with van der Waals surface area (Å²) in [5, 5.41) is 9.88. The molecule has 0 aliphatic heterocycles. The molecule has 0 fully saturated rings. The van der Waals surface area contributed by atoms with Gasteiger partial charge in [-0.15, -0.1) is 0 Å². The molecule has 0 bridgehead atoms. The van der Waals surface area contributed by atoms with Crippen molar-refractivity contribution >= 4 is 11.8 Å². The van der Waals surface area contributed by atoms with Gasteiger partial charge in [0.1, 0.15) is 6.61 Å². The summed E-state index contributed by atoms with van der Waals surface area (Å²) in [5.74, 6) is -0.352. The summed E-state index contributed by atoms with van der Waals surface area (Å²) in [7, 11) is 0. The smallest absolute Gasteiger partial charge is 0.333 e. The van der Waals surface area contributed by atoms with Crippen molar-refractivity contribution in [3.05, 3.63) is 167 Å². The van der Waals surface area contributed by atoms with Crippen LogP contribution in [-0.4, -0.2) is 29.6 Å². The number of Topliss-reactive ketones (excluding diaryl/α,β-unsaturated/α-hetero) is 1. The van der Waals surface area contributed by atoms with Crippen molar-refractivity contribution in [2.45, 2.75) is 52.1 Å². The van der Waals surface area contributed by atoms with Gasteiger partial charge in [-0.1, -0.05) is 122 Å². The van der Waals surface area contributed by atoms with E-state index in [-0.39, 0.29) is 12.4 Å². The fourth-order valence-electron chi connectivity index (χ4n) is 4.31. The van der Waals surface area contributed by atoms with E-state index in [2.05, 4.69) is 86.0 Å². The molecule has 0 heterocycles. The summed E-state index contributed by atoms with van der Waals surface area (Å²) < 4.78 is 4.95. The van der Waals surface area contributed by atoms with Crippen LogP contribution in [0.5, 0.6) is 0 Å². The van der Waals surface area contributed by atoms with Crippen LogP contribution in [0.15, 0.2) is 133 Å². The first-order valence-corrected chi connectivity index (χ1v) is 14.6. The van der Waals surface area contributed by atoms with E-state index in [1.807, 2.05) is 36.4 Å². The number of ether oxygens (including phenoxy) is 1. The van der Waals surface area contributed by atoms with E-state index in [0.29, 0.717) is 24.0 Å². The summed E-state index contributed by atoms with van der Waals surface area (Å²) in [5.41, 5.74) is 8.29. The van der Waals surface area contributed by atoms with Gasteiger partial charge >= 0.3 is 5.97 Å². The Balaban J connectivity index is 0.000000242. The van der Waals surface area contributed by atoms with Gasteiger partial charge in [0.15, 0.2) is 5.78 Å². The lowest BCUT2D eigenvalue weighted by atomic mass is 10.0. The van der Waals surface area contributed by atoms with Gasteiger partial charge in [-0.25, -0.2) is 4.79 Å². The first kappa shape index (κ1) is 33.0. The molecule has 0 amide bonds. The third-order valence-electron chi connectivity index (χ3n) is 6.91. The molecule has 4 aromatic rings. The zero-order chi connectivity index (χ0) is 31.0. The van der Waals surface area contributed by atoms with Gasteiger partial charge in [0.05, 0.1) is 6.10 Å². The molecule has 222 valence electrons. The molecular weight excluding hydrogens is 532 g/mol. The van der Waals surface area contributed by atoms with Crippen molar-refractivity contribution < 1.29 is 19.4 Å². The number of ketones is 1. The van der Waals surface area contributed by atoms with Crippen molar-refractivity contribution in [1.82, 2.24) is 0 Å². The molecule has 0 aromatic heterocycles. The van der Waals surface area contributed by atoms with Crippen LogP contribution in [0.4, 0.5) is 0 Å². The van der Waals surface area contributed by atoms with Crippen molar-refractivity contribution in [3.63, 3.8) is 0 Å². The minimum atomic E-state index is -0.655. The number of hydrogen-bond acceptors (Lipinski definition) is 4. The number of benzene rings is 4. The fraction of sp³-hybridized carbons (Fsp3) is 0.231. The molecule has 43 heavy (non-hydrogen) atoms. The molecule has 4 rings (SSSR count). The predicted molar refractivity (Wildman–Crippen MR) is 175 cm³/mol. The van der Waals surface area contributed by atoms with Crippen molar-refractivity contribution in [2.24, 2.45) is 0 Å². The Kier molecular flexibility index (Phi) is 13.4. The number of esters is 1. The number of aliphatic hydroxyl groups excluding tert-OH is 1. The first-order valence-electron chi connectivity index (χ1n) is 14.6. The van der Waals surface area contributed by atoms with Crippen LogP contribution in [-0.2, 0) is 40.0 Å². The lowest BCUT2D eigenvalue weighted by Crippen LogP contribution is -2.19. The van der Waals surface area contributed by atoms with Gasteiger partial charge in [0.2, 0.25) is 0 Å². The number of rotatable bonds is 13. The number of aryl methyl sites for hydroxylation is 1. The normalized spacial score (nSPS) is 11.0. The van der Waals surface area contributed by atoms with Crippen LogP contribution < -0.4 is 0 Å². The lowest BCUT2D eigenvalue weighted by molar-refractivity contribution is -0.142. The molecule has 4 nitrogen and oxygen atoms in total. The third kappa shape index (κ3) is 12.5. The van der Waals surface area contributed by atoms with E-state index in [1.165, 1.54) is 22.3 Å². The number of hydrogen-bond donors (Lipinski definition) is 1. The van der Waals surface area contributed by atoms with E-state index in [9.17, 15) is 14.7 Å². The zero-order valence-corrected chi connectivity index (χ0v) is 25.3. The highest BCUT2D eigenvalue weighted by atomic mass is 16.5. The minimum absolute atomic E-state index is 0.0117. The summed E-state index contributed by atoms with van der Waals surface area (Å²) in [6.07, 6.45) is 2.94. The average molecular weight is 575 g/mol. The lowest BCUT2D eigenvalue weighted by Gasteiger charge is -2.11. The van der Waals surface area contributed by atoms with E-state index in [0.717, 1.165) is 30.4 Å². The molecule has 0 aliphatic rings. The molecule has 4 aromatic carbocycles. The number of carbonyl (C=O) groups excluding carboxylic acids is 2. The Morgan fingerprint density at radius 2 is 1.05 bits per heavy atom. The largest absolute Gasteiger partial charge is 0.460 e. The van der Waals surface area contributed by atoms with Gasteiger partial charge in [0, 0.05) is 12.0 Å². The highest BCUT2D eigenvalue weighted by molar-refractivity contribution is 5.95. The second kappa shape index (κ2) is 17.4. The Hall–Kier alpha value is -4.54. The van der Waals surface area contributed by atoms with Crippen LogP contribution in [0.25, 0.3) is 0 Å². The molecule has 1 N–H and O–H groups in total. The van der Waals surface area contributed by atoms with Crippen LogP contribution in [0.2, 0.25) is 0 Å². The highest BCUT2D eigenvalue weighted by Crippen LogP contribution is 2.14. The maximum Gasteiger partial charge on any atom is 0.333 e. The molecule has 0 saturated carbocycles. The van der Waals surface area contributed by atoms with Gasteiger partial charge in [-0.05, 0) is 78.5 Å². The summed E-state index contributed by atoms with van der Waals surface area (Å²) in [6, 6.07) is 37.4. The SMILES string of the molecule is C=C(C)C(=O)Cc1ccc(Cc2ccccc2)cc1.C=C(C)C(=O)OCC(O)CCc1ccc(Cc2ccccc2)cc1. The second-order valence-electron chi connectivity index (χ2n) is 10.9. The standard InChI is InChI=1S/C21H24O3.C18H18O/c1-16(2)21(23)24-15-20(22)13-12-17-8-10-19(11-9-17)14-18-6-4-3-5-7-18;1-14(2)18(19)13-17-10-8-16(9-11-17)12-15-6-4-3-5-7-15/h3-11,20,22H,1,12-15H2,2H3;3-11H,1,12-13H2,2H3. The fourth-order valence-corrected chi connectivity index (χ4v) is 4.31. The number of allylic oxidation sites excluding steroid dienone is 1. The van der Waals surface area contributed by atoms with Crippen molar-refractivity contribution in [3.8, 4) is 0 Å². The third-order valence-corrected chi connectivity index (χ3v) is 6.91. The number of aliphatic hydroxyl groups is 1. The molecule has 0 radical (unpaired) electrons. The monoisotopic (exact) mass is 574 g/mol. The Morgan fingerprint density at radius 1 is 0.628 bits per heavy atom.